The first-order valence-electron chi connectivity index (χ1n) is 8.36. The zero-order chi connectivity index (χ0) is 18.4. The van der Waals surface area contributed by atoms with E-state index in [0.29, 0.717) is 11.1 Å². The summed E-state index contributed by atoms with van der Waals surface area (Å²) in [5, 5.41) is 0. The number of benzene rings is 2. The van der Waals surface area contributed by atoms with Crippen LogP contribution in [0.4, 0.5) is 0 Å². The Morgan fingerprint density at radius 2 is 0.963 bits per heavy atom. The van der Waals surface area contributed by atoms with Crippen molar-refractivity contribution in [3.8, 4) is 0 Å². The predicted octanol–water partition coefficient (Wildman–Crippen LogP) is 6.64. The average molecular weight is 405 g/mol. The Balaban J connectivity index is 1.56. The lowest BCUT2D eigenvalue weighted by Crippen LogP contribution is -1.97. The SMILES string of the molecule is O=C(c1ccccc1)c1cc2sc3cc(C(=O)c4ccccc4)sc3c2s1. The highest BCUT2D eigenvalue weighted by Crippen LogP contribution is 2.44. The van der Waals surface area contributed by atoms with Crippen LogP contribution in [0, 0.1) is 0 Å². The lowest BCUT2D eigenvalue weighted by molar-refractivity contribution is 0.103. The molecule has 0 radical (unpaired) electrons. The Bertz CT molecular complexity index is 1190. The second-order valence-corrected chi connectivity index (χ2v) is 9.29. The quantitative estimate of drug-likeness (QED) is 0.315. The van der Waals surface area contributed by atoms with E-state index in [0.717, 1.165) is 28.6 Å². The molecule has 0 saturated heterocycles. The second kappa shape index (κ2) is 6.53. The van der Waals surface area contributed by atoms with Crippen molar-refractivity contribution in [3.05, 3.63) is 93.7 Å². The van der Waals surface area contributed by atoms with Crippen LogP contribution in [0.5, 0.6) is 0 Å². The Kier molecular flexibility index (Phi) is 4.01. The number of hydrogen-bond donors (Lipinski definition) is 0. The molecule has 5 aromatic rings. The van der Waals surface area contributed by atoms with Crippen LogP contribution in [0.15, 0.2) is 72.8 Å². The van der Waals surface area contributed by atoms with Gasteiger partial charge in [0.05, 0.1) is 19.2 Å². The van der Waals surface area contributed by atoms with Crippen molar-refractivity contribution in [1.82, 2.24) is 0 Å². The molecule has 0 spiro atoms. The molecular weight excluding hydrogens is 392 g/mol. The largest absolute Gasteiger partial charge is 0.288 e. The Hall–Kier alpha value is -2.60. The topological polar surface area (TPSA) is 34.1 Å². The first-order valence-corrected chi connectivity index (χ1v) is 10.8. The van der Waals surface area contributed by atoms with Gasteiger partial charge in [-0.1, -0.05) is 60.7 Å². The zero-order valence-corrected chi connectivity index (χ0v) is 16.4. The number of carbonyl (C=O) groups is 2. The first kappa shape index (κ1) is 16.6. The minimum atomic E-state index is 0.0503. The van der Waals surface area contributed by atoms with Gasteiger partial charge in [0.1, 0.15) is 0 Å². The van der Waals surface area contributed by atoms with Gasteiger partial charge in [-0.15, -0.1) is 34.0 Å². The predicted molar refractivity (Wildman–Crippen MR) is 115 cm³/mol. The lowest BCUT2D eigenvalue weighted by Gasteiger charge is -1.96. The Labute approximate surface area is 167 Å². The molecule has 0 atom stereocenters. The summed E-state index contributed by atoms with van der Waals surface area (Å²) < 4.78 is 4.43. The minimum Gasteiger partial charge on any atom is -0.288 e. The standard InChI is InChI=1S/C22H12O2S3/c23-19(13-7-3-1-4-8-13)15-11-17-21(26-15)22-18(25-17)12-16(27-22)20(24)14-9-5-2-6-10-14/h1-12H. The molecule has 0 aliphatic rings. The molecule has 2 aromatic carbocycles. The summed E-state index contributed by atoms with van der Waals surface area (Å²) in [5.74, 6) is 0.101. The number of rotatable bonds is 4. The molecule has 27 heavy (non-hydrogen) atoms. The molecule has 0 N–H and O–H groups in total. The van der Waals surface area contributed by atoms with Crippen molar-refractivity contribution in [2.75, 3.05) is 0 Å². The fraction of sp³-hybridized carbons (Fsp3) is 0. The summed E-state index contributed by atoms with van der Waals surface area (Å²) in [5.41, 5.74) is 1.41. The van der Waals surface area contributed by atoms with Crippen molar-refractivity contribution in [3.63, 3.8) is 0 Å². The first-order chi connectivity index (χ1) is 13.2. The summed E-state index contributed by atoms with van der Waals surface area (Å²) in [7, 11) is 0. The molecule has 0 aliphatic heterocycles. The van der Waals surface area contributed by atoms with Crippen LogP contribution < -0.4 is 0 Å². The van der Waals surface area contributed by atoms with E-state index < -0.39 is 0 Å². The highest BCUT2D eigenvalue weighted by atomic mass is 32.1. The summed E-state index contributed by atoms with van der Waals surface area (Å²) in [6, 6.07) is 22.6. The van der Waals surface area contributed by atoms with Gasteiger partial charge in [-0.05, 0) is 12.1 Å². The van der Waals surface area contributed by atoms with Gasteiger partial charge in [0.15, 0.2) is 0 Å². The molecule has 5 rings (SSSR count). The van der Waals surface area contributed by atoms with Crippen LogP contribution in [0.25, 0.3) is 18.8 Å². The minimum absolute atomic E-state index is 0.0503. The summed E-state index contributed by atoms with van der Waals surface area (Å²) >= 11 is 4.68. The molecule has 0 aliphatic carbocycles. The molecule has 3 aromatic heterocycles. The Morgan fingerprint density at radius 3 is 1.37 bits per heavy atom. The molecular formula is C22H12O2S3. The highest BCUT2D eigenvalue weighted by molar-refractivity contribution is 7.39. The molecule has 0 saturated carbocycles. The van der Waals surface area contributed by atoms with E-state index in [1.54, 1.807) is 11.3 Å². The second-order valence-electron chi connectivity index (χ2n) is 6.10. The van der Waals surface area contributed by atoms with E-state index >= 15 is 0 Å². The third kappa shape index (κ3) is 2.84. The number of fused-ring (bicyclic) bond motifs is 3. The van der Waals surface area contributed by atoms with Crippen molar-refractivity contribution in [2.45, 2.75) is 0 Å². The van der Waals surface area contributed by atoms with Gasteiger partial charge in [-0.25, -0.2) is 0 Å². The van der Waals surface area contributed by atoms with Crippen LogP contribution in [-0.2, 0) is 0 Å². The van der Waals surface area contributed by atoms with Crippen LogP contribution in [0.2, 0.25) is 0 Å². The van der Waals surface area contributed by atoms with E-state index in [1.807, 2.05) is 72.8 Å². The van der Waals surface area contributed by atoms with Crippen LogP contribution in [-0.4, -0.2) is 11.6 Å². The maximum absolute atomic E-state index is 12.7. The third-order valence-electron chi connectivity index (χ3n) is 4.34. The fourth-order valence-electron chi connectivity index (χ4n) is 3.02. The highest BCUT2D eigenvalue weighted by Gasteiger charge is 2.19. The van der Waals surface area contributed by atoms with Crippen molar-refractivity contribution in [2.24, 2.45) is 0 Å². The van der Waals surface area contributed by atoms with Crippen molar-refractivity contribution < 1.29 is 9.59 Å². The van der Waals surface area contributed by atoms with Crippen LogP contribution in [0.3, 0.4) is 0 Å². The maximum Gasteiger partial charge on any atom is 0.203 e. The van der Waals surface area contributed by atoms with Crippen LogP contribution in [0.1, 0.15) is 30.5 Å². The van der Waals surface area contributed by atoms with Gasteiger partial charge in [0.25, 0.3) is 0 Å². The molecule has 0 fully saturated rings. The van der Waals surface area contributed by atoms with Crippen LogP contribution >= 0.6 is 34.0 Å². The molecule has 0 bridgehead atoms. The maximum atomic E-state index is 12.7. The van der Waals surface area contributed by atoms with E-state index in [4.69, 9.17) is 0 Å². The van der Waals surface area contributed by atoms with Gasteiger partial charge in [0, 0.05) is 20.5 Å². The molecule has 130 valence electrons. The Morgan fingerprint density at radius 1 is 0.556 bits per heavy atom. The van der Waals surface area contributed by atoms with Gasteiger partial charge in [0.2, 0.25) is 11.6 Å². The van der Waals surface area contributed by atoms with E-state index in [2.05, 4.69) is 0 Å². The molecule has 0 amide bonds. The summed E-state index contributed by atoms with van der Waals surface area (Å²) in [6.45, 7) is 0. The molecule has 3 heterocycles. The van der Waals surface area contributed by atoms with E-state index in [9.17, 15) is 9.59 Å². The van der Waals surface area contributed by atoms with Crippen molar-refractivity contribution >= 4 is 64.4 Å². The lowest BCUT2D eigenvalue weighted by atomic mass is 10.1. The summed E-state index contributed by atoms with van der Waals surface area (Å²) in [6.07, 6.45) is 0. The zero-order valence-electron chi connectivity index (χ0n) is 14.0. The van der Waals surface area contributed by atoms with Gasteiger partial charge >= 0.3 is 0 Å². The number of carbonyl (C=O) groups excluding carboxylic acids is 2. The van der Waals surface area contributed by atoms with Gasteiger partial charge < -0.3 is 0 Å². The summed E-state index contributed by atoms with van der Waals surface area (Å²) in [4.78, 5) is 26.9. The molecule has 0 unspecified atom stereocenters. The average Bonchev–Trinajstić information content (AvgIpc) is 3.39. The van der Waals surface area contributed by atoms with Crippen molar-refractivity contribution in [1.29, 1.82) is 0 Å². The van der Waals surface area contributed by atoms with E-state index in [-0.39, 0.29) is 11.6 Å². The number of hydrogen-bond acceptors (Lipinski definition) is 5. The normalized spacial score (nSPS) is 11.3. The smallest absolute Gasteiger partial charge is 0.203 e. The number of thiophene rings is 3. The molecule has 5 heteroatoms. The number of ketones is 2. The van der Waals surface area contributed by atoms with Gasteiger partial charge in [-0.3, -0.25) is 9.59 Å². The van der Waals surface area contributed by atoms with E-state index in [1.165, 1.54) is 22.7 Å². The third-order valence-corrected chi connectivity index (χ3v) is 8.12. The van der Waals surface area contributed by atoms with Gasteiger partial charge in [-0.2, -0.15) is 0 Å². The molecule has 2 nitrogen and oxygen atoms in total. The monoisotopic (exact) mass is 404 g/mol. The fourth-order valence-corrected chi connectivity index (χ4v) is 6.97.